The lowest BCUT2D eigenvalue weighted by Crippen LogP contribution is -2.42. The second kappa shape index (κ2) is 8.28. The number of hydrogen-bond donors (Lipinski definition) is 1. The quantitative estimate of drug-likeness (QED) is 0.516. The standard InChI is InChI=1S/C16H30O4/c1-11(2)7-9-16(14(17)18,10-8-12(3)4)15(19)20-13(5)6/h11-13H,7-10H2,1-6H3,(H,17,18). The molecule has 0 radical (unpaired) electrons. The first-order valence-electron chi connectivity index (χ1n) is 7.56. The predicted octanol–water partition coefficient (Wildman–Crippen LogP) is 3.88. The van der Waals surface area contributed by atoms with E-state index < -0.39 is 17.4 Å². The number of carboxylic acid groups (broad SMARTS) is 1. The molecule has 0 unspecified atom stereocenters. The van der Waals surface area contributed by atoms with Gasteiger partial charge in [-0.1, -0.05) is 27.7 Å². The molecule has 0 amide bonds. The third kappa shape index (κ3) is 5.93. The Hall–Kier alpha value is -1.06. The molecule has 4 heteroatoms. The Labute approximate surface area is 122 Å². The molecule has 20 heavy (non-hydrogen) atoms. The van der Waals surface area contributed by atoms with Crippen LogP contribution in [0.2, 0.25) is 0 Å². The van der Waals surface area contributed by atoms with Gasteiger partial charge in [-0.15, -0.1) is 0 Å². The Balaban J connectivity index is 5.20. The van der Waals surface area contributed by atoms with Crippen molar-refractivity contribution in [1.82, 2.24) is 0 Å². The Morgan fingerprint density at radius 3 is 1.60 bits per heavy atom. The smallest absolute Gasteiger partial charge is 0.323 e. The van der Waals surface area contributed by atoms with E-state index in [9.17, 15) is 14.7 Å². The molecule has 0 bridgehead atoms. The fourth-order valence-electron chi connectivity index (χ4n) is 2.03. The van der Waals surface area contributed by atoms with Gasteiger partial charge in [-0.3, -0.25) is 9.59 Å². The van der Waals surface area contributed by atoms with Crippen LogP contribution in [0.5, 0.6) is 0 Å². The van der Waals surface area contributed by atoms with Gasteiger partial charge in [0.2, 0.25) is 0 Å². The summed E-state index contributed by atoms with van der Waals surface area (Å²) >= 11 is 0. The van der Waals surface area contributed by atoms with Crippen molar-refractivity contribution in [3.63, 3.8) is 0 Å². The summed E-state index contributed by atoms with van der Waals surface area (Å²) in [4.78, 5) is 24.1. The highest BCUT2D eigenvalue weighted by Gasteiger charge is 2.47. The van der Waals surface area contributed by atoms with E-state index >= 15 is 0 Å². The Kier molecular flexibility index (Phi) is 7.84. The van der Waals surface area contributed by atoms with E-state index in [0.29, 0.717) is 37.5 Å². The molecular formula is C16H30O4. The summed E-state index contributed by atoms with van der Waals surface area (Å²) in [5.41, 5.74) is -1.39. The molecule has 0 spiro atoms. The number of hydrogen-bond acceptors (Lipinski definition) is 3. The van der Waals surface area contributed by atoms with E-state index in [-0.39, 0.29) is 6.10 Å². The number of ether oxygens (including phenoxy) is 1. The molecule has 0 heterocycles. The summed E-state index contributed by atoms with van der Waals surface area (Å²) in [6, 6.07) is 0. The first-order chi connectivity index (χ1) is 9.11. The van der Waals surface area contributed by atoms with Crippen molar-refractivity contribution in [3.05, 3.63) is 0 Å². The molecule has 118 valence electrons. The summed E-state index contributed by atoms with van der Waals surface area (Å²) in [5, 5.41) is 9.63. The van der Waals surface area contributed by atoms with E-state index in [1.165, 1.54) is 0 Å². The maximum Gasteiger partial charge on any atom is 0.323 e. The minimum Gasteiger partial charge on any atom is -0.480 e. The minimum absolute atomic E-state index is 0.292. The predicted molar refractivity (Wildman–Crippen MR) is 79.4 cm³/mol. The van der Waals surface area contributed by atoms with Crippen LogP contribution < -0.4 is 0 Å². The monoisotopic (exact) mass is 286 g/mol. The molecule has 0 atom stereocenters. The third-order valence-corrected chi connectivity index (χ3v) is 3.44. The topological polar surface area (TPSA) is 63.6 Å². The van der Waals surface area contributed by atoms with E-state index in [1.54, 1.807) is 13.8 Å². The van der Waals surface area contributed by atoms with Gasteiger partial charge in [0.1, 0.15) is 0 Å². The van der Waals surface area contributed by atoms with E-state index in [0.717, 1.165) is 0 Å². The number of rotatable bonds is 9. The second-order valence-electron chi connectivity index (χ2n) is 6.71. The van der Waals surface area contributed by atoms with E-state index in [1.807, 2.05) is 27.7 Å². The largest absolute Gasteiger partial charge is 0.480 e. The van der Waals surface area contributed by atoms with Gasteiger partial charge in [-0.05, 0) is 51.4 Å². The van der Waals surface area contributed by atoms with Gasteiger partial charge in [-0.25, -0.2) is 0 Å². The molecule has 0 saturated heterocycles. The van der Waals surface area contributed by atoms with Crippen LogP contribution in [0.1, 0.15) is 67.2 Å². The molecule has 0 aromatic heterocycles. The highest BCUT2D eigenvalue weighted by molar-refractivity contribution is 5.99. The second-order valence-corrected chi connectivity index (χ2v) is 6.71. The van der Waals surface area contributed by atoms with Gasteiger partial charge >= 0.3 is 11.9 Å². The van der Waals surface area contributed by atoms with Crippen LogP contribution in [-0.4, -0.2) is 23.1 Å². The SMILES string of the molecule is CC(C)CCC(CCC(C)C)(C(=O)O)C(=O)OC(C)C. The summed E-state index contributed by atoms with van der Waals surface area (Å²) in [6.07, 6.45) is 1.81. The van der Waals surface area contributed by atoms with Gasteiger partial charge in [0, 0.05) is 0 Å². The molecular weight excluding hydrogens is 256 g/mol. The first-order valence-corrected chi connectivity index (χ1v) is 7.56. The minimum atomic E-state index is -1.39. The lowest BCUT2D eigenvalue weighted by molar-refractivity contribution is -0.173. The average Bonchev–Trinajstić information content (AvgIpc) is 2.27. The molecule has 1 N–H and O–H groups in total. The lowest BCUT2D eigenvalue weighted by atomic mass is 9.76. The first kappa shape index (κ1) is 18.9. The maximum absolute atomic E-state index is 12.3. The van der Waals surface area contributed by atoms with Gasteiger partial charge in [0.05, 0.1) is 6.10 Å². The van der Waals surface area contributed by atoms with Crippen molar-refractivity contribution in [2.45, 2.75) is 73.3 Å². The van der Waals surface area contributed by atoms with Crippen LogP contribution in [0.3, 0.4) is 0 Å². The zero-order valence-corrected chi connectivity index (χ0v) is 13.7. The van der Waals surface area contributed by atoms with Gasteiger partial charge in [0.15, 0.2) is 5.41 Å². The Bertz CT molecular complexity index is 306. The van der Waals surface area contributed by atoms with Crippen LogP contribution >= 0.6 is 0 Å². The summed E-state index contributed by atoms with van der Waals surface area (Å²) < 4.78 is 5.22. The third-order valence-electron chi connectivity index (χ3n) is 3.44. The van der Waals surface area contributed by atoms with E-state index in [4.69, 9.17) is 4.74 Å². The molecule has 0 aliphatic rings. The molecule has 0 aliphatic heterocycles. The van der Waals surface area contributed by atoms with Crippen molar-refractivity contribution in [1.29, 1.82) is 0 Å². The van der Waals surface area contributed by atoms with Crippen molar-refractivity contribution >= 4 is 11.9 Å². The van der Waals surface area contributed by atoms with Crippen molar-refractivity contribution in [3.8, 4) is 0 Å². The van der Waals surface area contributed by atoms with Crippen LogP contribution in [0.15, 0.2) is 0 Å². The lowest BCUT2D eigenvalue weighted by Gasteiger charge is -2.29. The van der Waals surface area contributed by atoms with Crippen LogP contribution in [0, 0.1) is 17.3 Å². The number of esters is 1. The number of aliphatic carboxylic acids is 1. The molecule has 0 saturated carbocycles. The fraction of sp³-hybridized carbons (Fsp3) is 0.875. The highest BCUT2D eigenvalue weighted by atomic mass is 16.5. The summed E-state index contributed by atoms with van der Waals surface area (Å²) in [5.74, 6) is -0.912. The summed E-state index contributed by atoms with van der Waals surface area (Å²) in [6.45, 7) is 11.6. The summed E-state index contributed by atoms with van der Waals surface area (Å²) in [7, 11) is 0. The molecule has 0 aromatic rings. The zero-order valence-electron chi connectivity index (χ0n) is 13.7. The van der Waals surface area contributed by atoms with Crippen molar-refractivity contribution < 1.29 is 19.4 Å². The van der Waals surface area contributed by atoms with Crippen LogP contribution in [0.25, 0.3) is 0 Å². The Morgan fingerprint density at radius 1 is 0.950 bits per heavy atom. The van der Waals surface area contributed by atoms with Crippen LogP contribution in [-0.2, 0) is 14.3 Å². The van der Waals surface area contributed by atoms with E-state index in [2.05, 4.69) is 0 Å². The van der Waals surface area contributed by atoms with Crippen molar-refractivity contribution in [2.75, 3.05) is 0 Å². The average molecular weight is 286 g/mol. The normalized spacial score (nSPS) is 12.2. The van der Waals surface area contributed by atoms with Gasteiger partial charge < -0.3 is 9.84 Å². The Morgan fingerprint density at radius 2 is 1.35 bits per heavy atom. The van der Waals surface area contributed by atoms with Gasteiger partial charge in [0.25, 0.3) is 0 Å². The number of carbonyl (C=O) groups excluding carboxylic acids is 1. The zero-order chi connectivity index (χ0) is 15.9. The number of carbonyl (C=O) groups is 2. The molecule has 0 aromatic carbocycles. The van der Waals surface area contributed by atoms with Gasteiger partial charge in [-0.2, -0.15) is 0 Å². The number of carboxylic acids is 1. The molecule has 4 nitrogen and oxygen atoms in total. The molecule has 0 rings (SSSR count). The molecule has 0 aliphatic carbocycles. The molecule has 0 fully saturated rings. The van der Waals surface area contributed by atoms with Crippen LogP contribution in [0.4, 0.5) is 0 Å². The highest BCUT2D eigenvalue weighted by Crippen LogP contribution is 2.35. The maximum atomic E-state index is 12.3. The van der Waals surface area contributed by atoms with Crippen molar-refractivity contribution in [2.24, 2.45) is 17.3 Å². The fourth-order valence-corrected chi connectivity index (χ4v) is 2.03.